The number of nitrogens with one attached hydrogen (secondary N) is 1. The number of imidazole rings is 1. The van der Waals surface area contributed by atoms with E-state index in [1.54, 1.807) is 18.3 Å². The van der Waals surface area contributed by atoms with Crippen molar-refractivity contribution >= 4 is 22.8 Å². The van der Waals surface area contributed by atoms with Crippen molar-refractivity contribution in [2.75, 3.05) is 25.1 Å². The van der Waals surface area contributed by atoms with E-state index in [9.17, 15) is 13.2 Å². The van der Waals surface area contributed by atoms with Crippen LogP contribution in [0.5, 0.6) is 5.75 Å². The first-order chi connectivity index (χ1) is 17.7. The molecule has 1 saturated heterocycles. The molecule has 1 aliphatic carbocycles. The first-order valence-corrected chi connectivity index (χ1v) is 12.9. The Morgan fingerprint density at radius 1 is 1.11 bits per heavy atom. The molecule has 11 heteroatoms. The molecule has 0 bridgehead atoms. The Hall–Kier alpha value is -2.92. The third-order valence-corrected chi connectivity index (χ3v) is 7.63. The standard InChI is InChI=1S/C26H33F3N6O2/c1-25(10-12-36-13-11-25)14-22-31-16-21-23(34-22)35(19-6-2-17(15-30)3-7-19)24(33-21)32-18-4-8-20(9-5-18)37-26(27,28)29/h4-5,8-9,16-17,19H,2-3,6-7,10-15,30H2,1H3,(H,32,33). The summed E-state index contributed by atoms with van der Waals surface area (Å²) < 4.78 is 49.3. The summed E-state index contributed by atoms with van der Waals surface area (Å²) in [5.74, 6) is 1.62. The van der Waals surface area contributed by atoms with Crippen LogP contribution < -0.4 is 15.8 Å². The van der Waals surface area contributed by atoms with Gasteiger partial charge in [-0.15, -0.1) is 13.2 Å². The molecule has 2 fully saturated rings. The van der Waals surface area contributed by atoms with Gasteiger partial charge in [-0.2, -0.15) is 0 Å². The minimum atomic E-state index is -4.73. The number of hydrogen-bond acceptors (Lipinski definition) is 7. The minimum absolute atomic E-state index is 0.0945. The maximum absolute atomic E-state index is 12.5. The summed E-state index contributed by atoms with van der Waals surface area (Å²) in [6.07, 6.45) is 3.70. The van der Waals surface area contributed by atoms with Crippen molar-refractivity contribution < 1.29 is 22.6 Å². The second-order valence-electron chi connectivity index (χ2n) is 10.5. The van der Waals surface area contributed by atoms with Crippen LogP contribution in [0.25, 0.3) is 11.2 Å². The van der Waals surface area contributed by atoms with E-state index in [2.05, 4.69) is 26.5 Å². The third kappa shape index (κ3) is 6.15. The lowest BCUT2D eigenvalue weighted by Gasteiger charge is -2.33. The van der Waals surface area contributed by atoms with Gasteiger partial charge in [0.2, 0.25) is 5.95 Å². The lowest BCUT2D eigenvalue weighted by atomic mass is 9.79. The Labute approximate surface area is 213 Å². The predicted octanol–water partition coefficient (Wildman–Crippen LogP) is 5.52. The van der Waals surface area contributed by atoms with Crippen molar-refractivity contribution in [1.29, 1.82) is 0 Å². The van der Waals surface area contributed by atoms with E-state index in [0.717, 1.165) is 69.6 Å². The number of nitrogens with zero attached hydrogens (tertiary/aromatic N) is 4. The van der Waals surface area contributed by atoms with Crippen LogP contribution in [0, 0.1) is 11.3 Å². The Morgan fingerprint density at radius 2 is 1.81 bits per heavy atom. The molecule has 3 aromatic rings. The Kier molecular flexibility index (Phi) is 7.26. The number of halogens is 3. The lowest BCUT2D eigenvalue weighted by molar-refractivity contribution is -0.274. The molecule has 0 atom stereocenters. The van der Waals surface area contributed by atoms with Gasteiger partial charge in [0, 0.05) is 31.4 Å². The number of hydrogen-bond donors (Lipinski definition) is 2. The van der Waals surface area contributed by atoms with Gasteiger partial charge in [0.15, 0.2) is 5.65 Å². The fourth-order valence-corrected chi connectivity index (χ4v) is 5.38. The summed E-state index contributed by atoms with van der Waals surface area (Å²) in [5.41, 5.74) is 8.07. The van der Waals surface area contributed by atoms with Crippen molar-refractivity contribution in [3.05, 3.63) is 36.3 Å². The van der Waals surface area contributed by atoms with Crippen LogP contribution >= 0.6 is 0 Å². The molecule has 1 aromatic carbocycles. The number of aromatic nitrogens is 4. The van der Waals surface area contributed by atoms with Gasteiger partial charge >= 0.3 is 6.36 Å². The van der Waals surface area contributed by atoms with Gasteiger partial charge in [-0.05, 0) is 80.7 Å². The van der Waals surface area contributed by atoms with Crippen LogP contribution in [0.2, 0.25) is 0 Å². The molecule has 0 amide bonds. The average molecular weight is 519 g/mol. The molecule has 200 valence electrons. The molecule has 37 heavy (non-hydrogen) atoms. The summed E-state index contributed by atoms with van der Waals surface area (Å²) in [7, 11) is 0. The second kappa shape index (κ2) is 10.4. The van der Waals surface area contributed by atoms with Crippen LogP contribution in [-0.2, 0) is 11.2 Å². The highest BCUT2D eigenvalue weighted by Gasteiger charge is 2.32. The molecule has 1 saturated carbocycles. The van der Waals surface area contributed by atoms with Gasteiger partial charge in [0.1, 0.15) is 17.1 Å². The monoisotopic (exact) mass is 518 g/mol. The van der Waals surface area contributed by atoms with Gasteiger partial charge in [0.05, 0.1) is 6.20 Å². The highest BCUT2D eigenvalue weighted by Crippen LogP contribution is 2.38. The van der Waals surface area contributed by atoms with Gasteiger partial charge in [-0.3, -0.25) is 4.57 Å². The zero-order valence-corrected chi connectivity index (χ0v) is 20.9. The van der Waals surface area contributed by atoms with E-state index in [4.69, 9.17) is 20.4 Å². The fraction of sp³-hybridized carbons (Fsp3) is 0.577. The highest BCUT2D eigenvalue weighted by molar-refractivity contribution is 5.75. The normalized spacial score (nSPS) is 22.2. The smallest absolute Gasteiger partial charge is 0.406 e. The number of benzene rings is 1. The van der Waals surface area contributed by atoms with E-state index in [-0.39, 0.29) is 17.2 Å². The molecule has 5 rings (SSSR count). The number of anilines is 2. The van der Waals surface area contributed by atoms with E-state index < -0.39 is 6.36 Å². The van der Waals surface area contributed by atoms with Crippen molar-refractivity contribution in [1.82, 2.24) is 19.5 Å². The molecule has 1 aliphatic heterocycles. The third-order valence-electron chi connectivity index (χ3n) is 7.63. The first kappa shape index (κ1) is 25.7. The van der Waals surface area contributed by atoms with Gasteiger partial charge < -0.3 is 20.5 Å². The summed E-state index contributed by atoms with van der Waals surface area (Å²) >= 11 is 0. The van der Waals surface area contributed by atoms with Crippen LogP contribution in [0.4, 0.5) is 24.8 Å². The van der Waals surface area contributed by atoms with Gasteiger partial charge in [-0.25, -0.2) is 15.0 Å². The molecular weight excluding hydrogens is 485 g/mol. The maximum atomic E-state index is 12.5. The highest BCUT2D eigenvalue weighted by atomic mass is 19.4. The average Bonchev–Trinajstić information content (AvgIpc) is 3.21. The Balaban J connectivity index is 1.45. The van der Waals surface area contributed by atoms with Gasteiger partial charge in [-0.1, -0.05) is 6.92 Å². The first-order valence-electron chi connectivity index (χ1n) is 12.9. The number of rotatable bonds is 7. The van der Waals surface area contributed by atoms with E-state index in [1.807, 2.05) is 0 Å². The fourth-order valence-electron chi connectivity index (χ4n) is 5.38. The van der Waals surface area contributed by atoms with Crippen LogP contribution in [0.15, 0.2) is 30.5 Å². The molecule has 0 radical (unpaired) electrons. The Morgan fingerprint density at radius 3 is 2.46 bits per heavy atom. The minimum Gasteiger partial charge on any atom is -0.406 e. The topological polar surface area (TPSA) is 100 Å². The van der Waals surface area contributed by atoms with Crippen LogP contribution in [0.3, 0.4) is 0 Å². The van der Waals surface area contributed by atoms with Crippen LogP contribution in [-0.4, -0.2) is 45.6 Å². The van der Waals surface area contributed by atoms with E-state index >= 15 is 0 Å². The van der Waals surface area contributed by atoms with Gasteiger partial charge in [0.25, 0.3) is 0 Å². The number of alkyl halides is 3. The number of nitrogens with two attached hydrogens (primary N) is 1. The molecule has 8 nitrogen and oxygen atoms in total. The summed E-state index contributed by atoms with van der Waals surface area (Å²) in [6, 6.07) is 5.83. The van der Waals surface area contributed by atoms with Crippen molar-refractivity contribution in [3.63, 3.8) is 0 Å². The van der Waals surface area contributed by atoms with Crippen molar-refractivity contribution in [3.8, 4) is 5.75 Å². The summed E-state index contributed by atoms with van der Waals surface area (Å²) in [4.78, 5) is 14.4. The van der Waals surface area contributed by atoms with Crippen molar-refractivity contribution in [2.24, 2.45) is 17.1 Å². The maximum Gasteiger partial charge on any atom is 0.573 e. The number of fused-ring (bicyclic) bond motifs is 1. The molecule has 3 N–H and O–H groups in total. The summed E-state index contributed by atoms with van der Waals surface area (Å²) in [6.45, 7) is 4.45. The quantitative estimate of drug-likeness (QED) is 0.425. The Bertz CT molecular complexity index is 1200. The number of ether oxygens (including phenoxy) is 2. The lowest BCUT2D eigenvalue weighted by Crippen LogP contribution is -2.29. The molecule has 2 aliphatic rings. The van der Waals surface area contributed by atoms with E-state index in [1.165, 1.54) is 12.1 Å². The van der Waals surface area contributed by atoms with Crippen LogP contribution in [0.1, 0.15) is 57.3 Å². The zero-order valence-electron chi connectivity index (χ0n) is 20.9. The molecule has 0 spiro atoms. The summed E-state index contributed by atoms with van der Waals surface area (Å²) in [5, 5.41) is 3.29. The predicted molar refractivity (Wildman–Crippen MR) is 134 cm³/mol. The molecule has 0 unspecified atom stereocenters. The van der Waals surface area contributed by atoms with Crippen molar-refractivity contribution in [2.45, 2.75) is 64.3 Å². The SMILES string of the molecule is CC1(Cc2ncc3nc(Nc4ccc(OC(F)(F)F)cc4)n(C4CCC(CN)CC4)c3n2)CCOCC1. The zero-order chi connectivity index (χ0) is 26.0. The molecular formula is C26H33F3N6O2. The second-order valence-corrected chi connectivity index (χ2v) is 10.5. The largest absolute Gasteiger partial charge is 0.573 e. The van der Waals surface area contributed by atoms with E-state index in [0.29, 0.717) is 29.6 Å². The molecule has 3 heterocycles. The molecule has 2 aromatic heterocycles.